The Kier molecular flexibility index (Phi) is 3.03. The molecule has 1 rings (SSSR count). The second kappa shape index (κ2) is 3.58. The topological polar surface area (TPSA) is 38.0 Å². The van der Waals surface area contributed by atoms with E-state index >= 15 is 0 Å². The Morgan fingerprint density at radius 1 is 1.31 bits per heavy atom. The van der Waals surface area contributed by atoms with E-state index in [1.807, 2.05) is 0 Å². The predicted octanol–water partition coefficient (Wildman–Crippen LogP) is 1.75. The van der Waals surface area contributed by atoms with Crippen molar-refractivity contribution < 1.29 is 0 Å². The summed E-state index contributed by atoms with van der Waals surface area (Å²) in [5.41, 5.74) is 6.63. The maximum atomic E-state index is 5.85. The monoisotopic (exact) mass is 184 g/mol. The number of hydrogen-bond donors (Lipinski definition) is 2. The number of nitrogens with one attached hydrogen (secondary N) is 1. The van der Waals surface area contributed by atoms with Gasteiger partial charge in [-0.2, -0.15) is 0 Å². The van der Waals surface area contributed by atoms with Crippen LogP contribution in [0.5, 0.6) is 0 Å². The molecule has 2 unspecified atom stereocenters. The summed E-state index contributed by atoms with van der Waals surface area (Å²) in [7, 11) is 2.06. The Morgan fingerprint density at radius 2 is 1.92 bits per heavy atom. The maximum Gasteiger partial charge on any atom is 0.00748 e. The third kappa shape index (κ3) is 2.68. The molecule has 0 saturated heterocycles. The fraction of sp³-hybridized carbons (Fsp3) is 1.00. The third-order valence-corrected chi connectivity index (χ3v) is 3.34. The molecule has 1 aliphatic rings. The fourth-order valence-electron chi connectivity index (χ4n) is 2.99. The molecule has 1 fully saturated rings. The minimum atomic E-state index is 0.343. The SMILES string of the molecule is CNC1CC(C)(C)CC(C)(CN)C1. The van der Waals surface area contributed by atoms with Gasteiger partial charge in [-0.3, -0.25) is 0 Å². The lowest BCUT2D eigenvalue weighted by atomic mass is 9.63. The van der Waals surface area contributed by atoms with Crippen molar-refractivity contribution in [2.75, 3.05) is 13.6 Å². The van der Waals surface area contributed by atoms with Gasteiger partial charge in [0.15, 0.2) is 0 Å². The summed E-state index contributed by atoms with van der Waals surface area (Å²) in [6.07, 6.45) is 3.76. The smallest absolute Gasteiger partial charge is 0.00748 e. The maximum absolute atomic E-state index is 5.85. The molecule has 1 aliphatic carbocycles. The van der Waals surface area contributed by atoms with E-state index in [0.29, 0.717) is 16.9 Å². The van der Waals surface area contributed by atoms with Crippen LogP contribution in [-0.2, 0) is 0 Å². The zero-order chi connectivity index (χ0) is 10.1. The molecular weight excluding hydrogens is 160 g/mol. The van der Waals surface area contributed by atoms with Crippen molar-refractivity contribution in [2.45, 2.75) is 46.1 Å². The van der Waals surface area contributed by atoms with Crippen LogP contribution in [0.4, 0.5) is 0 Å². The molecule has 2 heteroatoms. The fourth-order valence-corrected chi connectivity index (χ4v) is 2.99. The highest BCUT2D eigenvalue weighted by Crippen LogP contribution is 2.45. The first-order valence-corrected chi connectivity index (χ1v) is 5.28. The third-order valence-electron chi connectivity index (χ3n) is 3.34. The molecule has 0 spiro atoms. The molecule has 13 heavy (non-hydrogen) atoms. The number of rotatable bonds is 2. The molecule has 0 aromatic rings. The molecule has 0 radical (unpaired) electrons. The highest BCUT2D eigenvalue weighted by atomic mass is 14.9. The minimum absolute atomic E-state index is 0.343. The van der Waals surface area contributed by atoms with Crippen LogP contribution in [-0.4, -0.2) is 19.6 Å². The second-order valence-corrected chi connectivity index (χ2v) is 5.75. The van der Waals surface area contributed by atoms with Crippen LogP contribution >= 0.6 is 0 Å². The Labute approximate surface area is 82.3 Å². The van der Waals surface area contributed by atoms with Gasteiger partial charge in [0.2, 0.25) is 0 Å². The Hall–Kier alpha value is -0.0800. The highest BCUT2D eigenvalue weighted by Gasteiger charge is 2.39. The normalized spacial score (nSPS) is 39.0. The van der Waals surface area contributed by atoms with Gasteiger partial charge in [-0.1, -0.05) is 20.8 Å². The van der Waals surface area contributed by atoms with E-state index in [9.17, 15) is 0 Å². The van der Waals surface area contributed by atoms with Gasteiger partial charge in [-0.05, 0) is 43.7 Å². The zero-order valence-electron chi connectivity index (χ0n) is 9.48. The lowest BCUT2D eigenvalue weighted by molar-refractivity contribution is 0.0800. The summed E-state index contributed by atoms with van der Waals surface area (Å²) in [6.45, 7) is 7.84. The van der Waals surface area contributed by atoms with Gasteiger partial charge in [0.05, 0.1) is 0 Å². The van der Waals surface area contributed by atoms with Gasteiger partial charge in [-0.25, -0.2) is 0 Å². The summed E-state index contributed by atoms with van der Waals surface area (Å²) in [5.74, 6) is 0. The summed E-state index contributed by atoms with van der Waals surface area (Å²) in [6, 6.07) is 0.650. The van der Waals surface area contributed by atoms with Crippen molar-refractivity contribution in [2.24, 2.45) is 16.6 Å². The van der Waals surface area contributed by atoms with E-state index in [1.54, 1.807) is 0 Å². The first kappa shape index (κ1) is 11.0. The van der Waals surface area contributed by atoms with Crippen LogP contribution in [0, 0.1) is 10.8 Å². The molecule has 0 aromatic carbocycles. The van der Waals surface area contributed by atoms with E-state index in [4.69, 9.17) is 5.73 Å². The summed E-state index contributed by atoms with van der Waals surface area (Å²) >= 11 is 0. The lowest BCUT2D eigenvalue weighted by Crippen LogP contribution is -2.46. The minimum Gasteiger partial charge on any atom is -0.330 e. The van der Waals surface area contributed by atoms with Crippen LogP contribution < -0.4 is 11.1 Å². The average Bonchev–Trinajstić information content (AvgIpc) is 2.01. The molecule has 0 bridgehead atoms. The van der Waals surface area contributed by atoms with Crippen molar-refractivity contribution in [1.82, 2.24) is 5.32 Å². The van der Waals surface area contributed by atoms with E-state index in [0.717, 1.165) is 6.54 Å². The van der Waals surface area contributed by atoms with Crippen molar-refractivity contribution >= 4 is 0 Å². The van der Waals surface area contributed by atoms with Crippen LogP contribution in [0.3, 0.4) is 0 Å². The van der Waals surface area contributed by atoms with E-state index in [1.165, 1.54) is 19.3 Å². The van der Waals surface area contributed by atoms with Crippen molar-refractivity contribution in [3.8, 4) is 0 Å². The first-order valence-electron chi connectivity index (χ1n) is 5.28. The summed E-state index contributed by atoms with van der Waals surface area (Å²) in [4.78, 5) is 0. The quantitative estimate of drug-likeness (QED) is 0.686. The molecule has 0 aliphatic heterocycles. The van der Waals surface area contributed by atoms with Crippen molar-refractivity contribution in [3.63, 3.8) is 0 Å². The first-order chi connectivity index (χ1) is 5.91. The molecule has 2 nitrogen and oxygen atoms in total. The van der Waals surface area contributed by atoms with Gasteiger partial charge in [0.25, 0.3) is 0 Å². The average molecular weight is 184 g/mol. The van der Waals surface area contributed by atoms with Crippen LogP contribution in [0.1, 0.15) is 40.0 Å². The molecule has 0 amide bonds. The van der Waals surface area contributed by atoms with Gasteiger partial charge in [-0.15, -0.1) is 0 Å². The molecule has 1 saturated carbocycles. The van der Waals surface area contributed by atoms with Gasteiger partial charge in [0, 0.05) is 6.04 Å². The van der Waals surface area contributed by atoms with E-state index in [2.05, 4.69) is 33.1 Å². The predicted molar refractivity (Wildman–Crippen MR) is 57.6 cm³/mol. The Morgan fingerprint density at radius 3 is 2.38 bits per heavy atom. The standard InChI is InChI=1S/C11H24N2/c1-10(2)5-9(13-4)6-11(3,7-10)8-12/h9,13H,5-8,12H2,1-4H3. The van der Waals surface area contributed by atoms with Crippen LogP contribution in [0.25, 0.3) is 0 Å². The van der Waals surface area contributed by atoms with Gasteiger partial charge >= 0.3 is 0 Å². The van der Waals surface area contributed by atoms with Crippen LogP contribution in [0.2, 0.25) is 0 Å². The Balaban J connectivity index is 2.71. The van der Waals surface area contributed by atoms with Crippen molar-refractivity contribution in [1.29, 1.82) is 0 Å². The second-order valence-electron chi connectivity index (χ2n) is 5.75. The van der Waals surface area contributed by atoms with E-state index in [-0.39, 0.29) is 0 Å². The van der Waals surface area contributed by atoms with Crippen molar-refractivity contribution in [3.05, 3.63) is 0 Å². The van der Waals surface area contributed by atoms with Gasteiger partial charge in [0.1, 0.15) is 0 Å². The molecule has 3 N–H and O–H groups in total. The number of nitrogens with two attached hydrogens (primary N) is 1. The zero-order valence-corrected chi connectivity index (χ0v) is 9.48. The largest absolute Gasteiger partial charge is 0.330 e. The lowest BCUT2D eigenvalue weighted by Gasteiger charge is -2.46. The highest BCUT2D eigenvalue weighted by molar-refractivity contribution is 4.94. The summed E-state index contributed by atoms with van der Waals surface area (Å²) < 4.78 is 0. The van der Waals surface area contributed by atoms with Gasteiger partial charge < -0.3 is 11.1 Å². The molecule has 78 valence electrons. The van der Waals surface area contributed by atoms with Crippen LogP contribution in [0.15, 0.2) is 0 Å². The molecular formula is C11H24N2. The van der Waals surface area contributed by atoms with E-state index < -0.39 is 0 Å². The molecule has 0 heterocycles. The molecule has 2 atom stereocenters. The Bertz CT molecular complexity index is 177. The summed E-state index contributed by atoms with van der Waals surface area (Å²) in [5, 5.41) is 3.39. The molecule has 0 aromatic heterocycles. The number of hydrogen-bond acceptors (Lipinski definition) is 2.